The smallest absolute Gasteiger partial charge is 0.192 e. The van der Waals surface area contributed by atoms with Gasteiger partial charge in [0.2, 0.25) is 0 Å². The van der Waals surface area contributed by atoms with Crippen LogP contribution in [0.3, 0.4) is 0 Å². The van der Waals surface area contributed by atoms with Crippen molar-refractivity contribution in [1.82, 2.24) is 0 Å². The molecule has 35 heavy (non-hydrogen) atoms. The lowest BCUT2D eigenvalue weighted by atomic mass is 9.48. The summed E-state index contributed by atoms with van der Waals surface area (Å²) in [7, 11) is -3.46. The number of allylic oxidation sites excluding steroid dienone is 1. The molecule has 3 saturated carbocycles. The quantitative estimate of drug-likeness (QED) is 0.272. The molecule has 4 heteroatoms. The third-order valence-electron chi connectivity index (χ3n) is 12.5. The molecule has 0 aliphatic heterocycles. The van der Waals surface area contributed by atoms with E-state index in [0.717, 1.165) is 17.8 Å². The van der Waals surface area contributed by atoms with Crippen molar-refractivity contribution in [1.29, 1.82) is 0 Å². The second kappa shape index (κ2) is 8.81. The average Bonchev–Trinajstić information content (AvgIpc) is 3.02. The Kier molecular flexibility index (Phi) is 7.08. The first kappa shape index (κ1) is 28.1. The summed E-state index contributed by atoms with van der Waals surface area (Å²) in [4.78, 5) is 0. The molecule has 0 aromatic rings. The van der Waals surface area contributed by atoms with Gasteiger partial charge in [0.15, 0.2) is 16.6 Å². The van der Waals surface area contributed by atoms with Crippen molar-refractivity contribution in [2.75, 3.05) is 0 Å². The fourth-order valence-corrected chi connectivity index (χ4v) is 10.8. The van der Waals surface area contributed by atoms with Gasteiger partial charge in [0.1, 0.15) is 0 Å². The standard InChI is InChI=1S/C31H58O2Si2/c1-28(2,3)34(9,10)32-23-17-19-30(7)22(21-23)13-14-24-25-15-16-27(31(25,8)20-18-26(24)30)33-35(11,12)29(4,5)6/h13,23-27H,14-21H2,1-12H3/t23-,24-,25-,26-,27-,30-,31-/m0/s1. The van der Waals surface area contributed by atoms with Crippen LogP contribution < -0.4 is 0 Å². The Bertz CT molecular complexity index is 832. The highest BCUT2D eigenvalue weighted by molar-refractivity contribution is 6.74. The molecule has 0 spiro atoms. The molecule has 4 aliphatic rings. The largest absolute Gasteiger partial charge is 0.414 e. The Balaban J connectivity index is 1.50. The topological polar surface area (TPSA) is 18.5 Å². The van der Waals surface area contributed by atoms with Crippen LogP contribution in [0.2, 0.25) is 36.3 Å². The van der Waals surface area contributed by atoms with Crippen molar-refractivity contribution in [3.8, 4) is 0 Å². The summed E-state index contributed by atoms with van der Waals surface area (Å²) in [6.07, 6.45) is 14.1. The van der Waals surface area contributed by atoms with Crippen LogP contribution in [-0.4, -0.2) is 28.8 Å². The molecule has 0 aromatic carbocycles. The van der Waals surface area contributed by atoms with Gasteiger partial charge in [0.05, 0.1) is 6.10 Å². The van der Waals surface area contributed by atoms with Gasteiger partial charge in [-0.25, -0.2) is 0 Å². The van der Waals surface area contributed by atoms with Gasteiger partial charge in [-0.1, -0.05) is 67.0 Å². The van der Waals surface area contributed by atoms with E-state index in [1.54, 1.807) is 5.57 Å². The molecule has 4 rings (SSSR count). The first-order valence-corrected chi connectivity index (χ1v) is 20.7. The lowest BCUT2D eigenvalue weighted by Gasteiger charge is -2.58. The predicted molar refractivity (Wildman–Crippen MR) is 156 cm³/mol. The Morgan fingerprint density at radius 1 is 0.771 bits per heavy atom. The molecule has 0 radical (unpaired) electrons. The normalized spacial score (nSPS) is 40.6. The maximum atomic E-state index is 7.15. The van der Waals surface area contributed by atoms with Gasteiger partial charge in [-0.2, -0.15) is 0 Å². The minimum absolute atomic E-state index is 0.291. The molecule has 0 N–H and O–H groups in total. The van der Waals surface area contributed by atoms with Crippen LogP contribution in [0.4, 0.5) is 0 Å². The van der Waals surface area contributed by atoms with Crippen molar-refractivity contribution in [2.45, 2.75) is 155 Å². The number of rotatable bonds is 4. The lowest BCUT2D eigenvalue weighted by Crippen LogP contribution is -2.54. The van der Waals surface area contributed by atoms with Gasteiger partial charge < -0.3 is 8.85 Å². The summed E-state index contributed by atoms with van der Waals surface area (Å²) >= 11 is 0. The van der Waals surface area contributed by atoms with E-state index in [2.05, 4.69) is 87.7 Å². The second-order valence-corrected chi connectivity index (χ2v) is 26.0. The third kappa shape index (κ3) is 4.74. The highest BCUT2D eigenvalue weighted by Gasteiger charge is 2.60. The monoisotopic (exact) mass is 518 g/mol. The fraction of sp³-hybridized carbons (Fsp3) is 0.935. The second-order valence-electron chi connectivity index (χ2n) is 16.5. The summed E-state index contributed by atoms with van der Waals surface area (Å²) in [5.74, 6) is 2.56. The molecule has 0 bridgehead atoms. The van der Waals surface area contributed by atoms with Gasteiger partial charge in [-0.05, 0) is 116 Å². The number of hydrogen-bond donors (Lipinski definition) is 0. The Labute approximate surface area is 220 Å². The molecule has 202 valence electrons. The molecular formula is C31H58O2Si2. The van der Waals surface area contributed by atoms with E-state index in [-0.39, 0.29) is 0 Å². The Hall–Kier alpha value is 0.0938. The lowest BCUT2D eigenvalue weighted by molar-refractivity contribution is -0.0672. The zero-order valence-electron chi connectivity index (χ0n) is 25.4. The molecule has 0 saturated heterocycles. The van der Waals surface area contributed by atoms with Crippen LogP contribution in [0.5, 0.6) is 0 Å². The SMILES string of the molecule is CC(C)(C)[Si](C)(C)O[C@H]1CC[C@@]2(C)C(=CC[C@H]3[C@@H]4CC[C@H](O[Si](C)(C)C(C)(C)C)[C@@]4(C)CC[C@@H]32)C1. The summed E-state index contributed by atoms with van der Waals surface area (Å²) in [5.41, 5.74) is 2.53. The molecule has 4 aliphatic carbocycles. The summed E-state index contributed by atoms with van der Waals surface area (Å²) in [6, 6.07) is 0. The third-order valence-corrected chi connectivity index (χ3v) is 21.5. The Morgan fingerprint density at radius 3 is 1.97 bits per heavy atom. The van der Waals surface area contributed by atoms with E-state index < -0.39 is 16.6 Å². The molecule has 7 atom stereocenters. The van der Waals surface area contributed by atoms with Crippen LogP contribution >= 0.6 is 0 Å². The van der Waals surface area contributed by atoms with E-state index in [1.165, 1.54) is 51.4 Å². The van der Waals surface area contributed by atoms with Gasteiger partial charge >= 0.3 is 0 Å². The summed E-state index contributed by atoms with van der Waals surface area (Å²) < 4.78 is 14.1. The van der Waals surface area contributed by atoms with Crippen molar-refractivity contribution in [2.24, 2.45) is 28.6 Å². The number of fused-ring (bicyclic) bond motifs is 5. The first-order valence-electron chi connectivity index (χ1n) is 14.9. The average molecular weight is 519 g/mol. The number of hydrogen-bond acceptors (Lipinski definition) is 2. The first-order chi connectivity index (χ1) is 15.8. The molecule has 0 heterocycles. The van der Waals surface area contributed by atoms with Gasteiger partial charge in [0, 0.05) is 6.10 Å². The van der Waals surface area contributed by atoms with Crippen LogP contribution in [0.15, 0.2) is 11.6 Å². The van der Waals surface area contributed by atoms with Crippen molar-refractivity contribution in [3.63, 3.8) is 0 Å². The minimum Gasteiger partial charge on any atom is -0.414 e. The highest BCUT2D eigenvalue weighted by atomic mass is 28.4. The van der Waals surface area contributed by atoms with Crippen molar-refractivity contribution >= 4 is 16.6 Å². The Morgan fingerprint density at radius 2 is 1.37 bits per heavy atom. The maximum absolute atomic E-state index is 7.15. The zero-order chi connectivity index (χ0) is 26.2. The molecule has 3 fully saturated rings. The van der Waals surface area contributed by atoms with E-state index in [0.29, 0.717) is 33.1 Å². The van der Waals surface area contributed by atoms with Crippen LogP contribution in [0.25, 0.3) is 0 Å². The van der Waals surface area contributed by atoms with E-state index in [9.17, 15) is 0 Å². The van der Waals surface area contributed by atoms with Gasteiger partial charge in [0.25, 0.3) is 0 Å². The zero-order valence-corrected chi connectivity index (χ0v) is 27.4. The summed E-state index contributed by atoms with van der Waals surface area (Å²) in [5, 5.41) is 0.582. The summed E-state index contributed by atoms with van der Waals surface area (Å²) in [6.45, 7) is 29.3. The molecule has 0 aromatic heterocycles. The molecule has 2 nitrogen and oxygen atoms in total. The van der Waals surface area contributed by atoms with Crippen molar-refractivity contribution in [3.05, 3.63) is 11.6 Å². The fourth-order valence-electron chi connectivity index (χ4n) is 8.00. The van der Waals surface area contributed by atoms with E-state index in [1.807, 2.05) is 0 Å². The van der Waals surface area contributed by atoms with Crippen LogP contribution in [0.1, 0.15) is 107 Å². The van der Waals surface area contributed by atoms with Crippen LogP contribution in [0, 0.1) is 28.6 Å². The van der Waals surface area contributed by atoms with Crippen molar-refractivity contribution < 1.29 is 8.85 Å². The predicted octanol–water partition coefficient (Wildman–Crippen LogP) is 9.73. The highest BCUT2D eigenvalue weighted by Crippen LogP contribution is 2.66. The minimum atomic E-state index is -1.74. The van der Waals surface area contributed by atoms with Crippen LogP contribution in [-0.2, 0) is 8.85 Å². The maximum Gasteiger partial charge on any atom is 0.192 e. The molecular weight excluding hydrogens is 461 g/mol. The van der Waals surface area contributed by atoms with Gasteiger partial charge in [-0.15, -0.1) is 0 Å². The van der Waals surface area contributed by atoms with E-state index >= 15 is 0 Å². The van der Waals surface area contributed by atoms with E-state index in [4.69, 9.17) is 8.85 Å². The molecule has 0 amide bonds. The molecule has 0 unspecified atom stereocenters. The van der Waals surface area contributed by atoms with Gasteiger partial charge in [-0.3, -0.25) is 0 Å².